The molecule has 1 heterocycles. The van der Waals surface area contributed by atoms with Gasteiger partial charge in [-0.05, 0) is 29.8 Å². The van der Waals surface area contributed by atoms with Gasteiger partial charge in [0.15, 0.2) is 0 Å². The van der Waals surface area contributed by atoms with Gasteiger partial charge in [-0.15, -0.1) is 13.2 Å². The number of aromatic amines is 1. The summed E-state index contributed by atoms with van der Waals surface area (Å²) in [6, 6.07) is 10.9. The van der Waals surface area contributed by atoms with Crippen molar-refractivity contribution in [2.75, 3.05) is 14.2 Å². The van der Waals surface area contributed by atoms with Gasteiger partial charge in [0.25, 0.3) is 0 Å². The van der Waals surface area contributed by atoms with E-state index in [-0.39, 0.29) is 5.75 Å². The number of imidazole rings is 1. The first-order chi connectivity index (χ1) is 11.9. The van der Waals surface area contributed by atoms with Gasteiger partial charge in [-0.2, -0.15) is 0 Å². The molecule has 0 aliphatic rings. The van der Waals surface area contributed by atoms with Crippen molar-refractivity contribution in [2.24, 2.45) is 0 Å². The standard InChI is InChI=1S/C17H15F3N2O3/c1-23-12-7-8-13-14(9-12)22-16(21-13)15(24-2)10-3-5-11(6-4-10)25-17(18,19)20/h3-9,15H,1-2H3,(H,21,22). The van der Waals surface area contributed by atoms with Crippen LogP contribution in [0.3, 0.4) is 0 Å². The Balaban J connectivity index is 1.89. The average molecular weight is 352 g/mol. The van der Waals surface area contributed by atoms with Crippen LogP contribution in [0.5, 0.6) is 11.5 Å². The highest BCUT2D eigenvalue weighted by Crippen LogP contribution is 2.29. The summed E-state index contributed by atoms with van der Waals surface area (Å²) >= 11 is 0. The highest BCUT2D eigenvalue weighted by atomic mass is 19.4. The Kier molecular flexibility index (Phi) is 4.54. The fraction of sp³-hybridized carbons (Fsp3) is 0.235. The molecule has 2 aromatic carbocycles. The van der Waals surface area contributed by atoms with Gasteiger partial charge in [-0.3, -0.25) is 0 Å². The van der Waals surface area contributed by atoms with Crippen LogP contribution in [-0.4, -0.2) is 30.5 Å². The van der Waals surface area contributed by atoms with Crippen LogP contribution in [0.4, 0.5) is 13.2 Å². The zero-order chi connectivity index (χ0) is 18.0. The molecular formula is C17H15F3N2O3. The number of methoxy groups -OCH3 is 2. The molecule has 0 aliphatic carbocycles. The molecule has 3 rings (SSSR count). The Bertz CT molecular complexity index is 860. The lowest BCUT2D eigenvalue weighted by molar-refractivity contribution is -0.274. The number of fused-ring (bicyclic) bond motifs is 1. The van der Waals surface area contributed by atoms with Gasteiger partial charge in [0, 0.05) is 13.2 Å². The number of hydrogen-bond acceptors (Lipinski definition) is 4. The van der Waals surface area contributed by atoms with Crippen molar-refractivity contribution in [1.29, 1.82) is 0 Å². The molecule has 0 bridgehead atoms. The van der Waals surface area contributed by atoms with Crippen LogP contribution in [-0.2, 0) is 4.74 Å². The average Bonchev–Trinajstić information content (AvgIpc) is 2.98. The first-order valence-electron chi connectivity index (χ1n) is 7.32. The number of H-pyrrole nitrogens is 1. The largest absolute Gasteiger partial charge is 0.573 e. The predicted molar refractivity (Wildman–Crippen MR) is 84.6 cm³/mol. The van der Waals surface area contributed by atoms with Crippen molar-refractivity contribution < 1.29 is 27.4 Å². The monoisotopic (exact) mass is 352 g/mol. The third-order valence-electron chi connectivity index (χ3n) is 3.61. The Morgan fingerprint density at radius 2 is 1.68 bits per heavy atom. The Hall–Kier alpha value is -2.74. The summed E-state index contributed by atoms with van der Waals surface area (Å²) in [6.07, 6.45) is -5.28. The van der Waals surface area contributed by atoms with E-state index in [0.29, 0.717) is 17.1 Å². The number of rotatable bonds is 5. The second-order valence-electron chi connectivity index (χ2n) is 5.24. The third kappa shape index (κ3) is 3.85. The van der Waals surface area contributed by atoms with E-state index in [1.807, 2.05) is 0 Å². The molecule has 0 amide bonds. The van der Waals surface area contributed by atoms with E-state index in [0.717, 1.165) is 11.0 Å². The normalized spacial score (nSPS) is 13.0. The van der Waals surface area contributed by atoms with Gasteiger partial charge < -0.3 is 19.2 Å². The minimum atomic E-state index is -4.72. The maximum atomic E-state index is 12.2. The maximum absolute atomic E-state index is 12.2. The summed E-state index contributed by atoms with van der Waals surface area (Å²) < 4.78 is 51.2. The van der Waals surface area contributed by atoms with Gasteiger partial charge in [0.05, 0.1) is 18.1 Å². The van der Waals surface area contributed by atoms with E-state index >= 15 is 0 Å². The van der Waals surface area contributed by atoms with Crippen molar-refractivity contribution >= 4 is 11.0 Å². The number of nitrogens with zero attached hydrogens (tertiary/aromatic N) is 1. The van der Waals surface area contributed by atoms with E-state index < -0.39 is 12.5 Å². The van der Waals surface area contributed by atoms with E-state index in [4.69, 9.17) is 9.47 Å². The van der Waals surface area contributed by atoms with E-state index in [1.54, 1.807) is 25.3 Å². The molecule has 25 heavy (non-hydrogen) atoms. The van der Waals surface area contributed by atoms with Crippen LogP contribution >= 0.6 is 0 Å². The SMILES string of the molecule is COc1ccc2nc(C(OC)c3ccc(OC(F)(F)F)cc3)[nH]c2c1. The zero-order valence-electron chi connectivity index (χ0n) is 13.4. The van der Waals surface area contributed by atoms with Crippen LogP contribution in [0.25, 0.3) is 11.0 Å². The number of alkyl halides is 3. The molecule has 0 saturated heterocycles. The molecular weight excluding hydrogens is 337 g/mol. The number of benzene rings is 2. The molecule has 0 fully saturated rings. The van der Waals surface area contributed by atoms with E-state index in [1.165, 1.54) is 31.4 Å². The molecule has 0 saturated carbocycles. The van der Waals surface area contributed by atoms with Gasteiger partial charge in [0.1, 0.15) is 23.4 Å². The quantitative estimate of drug-likeness (QED) is 0.747. The Morgan fingerprint density at radius 3 is 2.28 bits per heavy atom. The molecule has 1 N–H and O–H groups in total. The molecule has 0 spiro atoms. The van der Waals surface area contributed by atoms with Crippen molar-refractivity contribution in [3.63, 3.8) is 0 Å². The summed E-state index contributed by atoms with van der Waals surface area (Å²) in [5.74, 6) is 0.931. The smallest absolute Gasteiger partial charge is 0.497 e. The molecule has 132 valence electrons. The second kappa shape index (κ2) is 6.64. The fourth-order valence-electron chi connectivity index (χ4n) is 2.51. The van der Waals surface area contributed by atoms with E-state index in [2.05, 4.69) is 14.7 Å². The lowest BCUT2D eigenvalue weighted by atomic mass is 10.1. The summed E-state index contributed by atoms with van der Waals surface area (Å²) in [5, 5.41) is 0. The number of hydrogen-bond donors (Lipinski definition) is 1. The highest BCUT2D eigenvalue weighted by molar-refractivity contribution is 5.77. The van der Waals surface area contributed by atoms with Crippen molar-refractivity contribution in [3.8, 4) is 11.5 Å². The fourth-order valence-corrected chi connectivity index (χ4v) is 2.51. The van der Waals surface area contributed by atoms with Gasteiger partial charge >= 0.3 is 6.36 Å². The summed E-state index contributed by atoms with van der Waals surface area (Å²) in [4.78, 5) is 7.62. The van der Waals surface area contributed by atoms with Crippen LogP contribution < -0.4 is 9.47 Å². The second-order valence-corrected chi connectivity index (χ2v) is 5.24. The lowest BCUT2D eigenvalue weighted by Gasteiger charge is -2.14. The Morgan fingerprint density at radius 1 is 1.00 bits per heavy atom. The molecule has 1 aromatic heterocycles. The van der Waals surface area contributed by atoms with Crippen LogP contribution in [0.2, 0.25) is 0 Å². The number of ether oxygens (including phenoxy) is 3. The summed E-state index contributed by atoms with van der Waals surface area (Å²) in [7, 11) is 3.07. The molecule has 1 unspecified atom stereocenters. The first-order valence-corrected chi connectivity index (χ1v) is 7.32. The topological polar surface area (TPSA) is 56.4 Å². The summed E-state index contributed by atoms with van der Waals surface area (Å²) in [5.41, 5.74) is 2.14. The van der Waals surface area contributed by atoms with Crippen LogP contribution in [0, 0.1) is 0 Å². The summed E-state index contributed by atoms with van der Waals surface area (Å²) in [6.45, 7) is 0. The predicted octanol–water partition coefficient (Wildman–Crippen LogP) is 4.21. The number of halogens is 3. The van der Waals surface area contributed by atoms with Crippen molar-refractivity contribution in [2.45, 2.75) is 12.5 Å². The van der Waals surface area contributed by atoms with E-state index in [9.17, 15) is 13.2 Å². The molecule has 5 nitrogen and oxygen atoms in total. The lowest BCUT2D eigenvalue weighted by Crippen LogP contribution is -2.17. The number of nitrogens with one attached hydrogen (secondary N) is 1. The zero-order valence-corrected chi connectivity index (χ0v) is 13.4. The van der Waals surface area contributed by atoms with Gasteiger partial charge in [0.2, 0.25) is 0 Å². The molecule has 0 radical (unpaired) electrons. The van der Waals surface area contributed by atoms with Crippen LogP contribution in [0.1, 0.15) is 17.5 Å². The van der Waals surface area contributed by atoms with Gasteiger partial charge in [-0.25, -0.2) is 4.98 Å². The van der Waals surface area contributed by atoms with Crippen molar-refractivity contribution in [3.05, 3.63) is 53.9 Å². The third-order valence-corrected chi connectivity index (χ3v) is 3.61. The minimum absolute atomic E-state index is 0.291. The molecule has 8 heteroatoms. The number of aromatic nitrogens is 2. The maximum Gasteiger partial charge on any atom is 0.573 e. The molecule has 1 atom stereocenters. The van der Waals surface area contributed by atoms with Crippen LogP contribution in [0.15, 0.2) is 42.5 Å². The molecule has 0 aliphatic heterocycles. The van der Waals surface area contributed by atoms with Gasteiger partial charge in [-0.1, -0.05) is 12.1 Å². The first kappa shape index (κ1) is 17.1. The Labute approximate surface area is 141 Å². The minimum Gasteiger partial charge on any atom is -0.497 e. The molecule has 3 aromatic rings. The van der Waals surface area contributed by atoms with Crippen molar-refractivity contribution in [1.82, 2.24) is 9.97 Å². The highest BCUT2D eigenvalue weighted by Gasteiger charge is 2.31.